The Bertz CT molecular complexity index is 838. The Kier molecular flexibility index (Phi) is 4.87. The molecule has 1 aromatic heterocycles. The van der Waals surface area contributed by atoms with E-state index in [0.717, 1.165) is 37.6 Å². The van der Waals surface area contributed by atoms with Gasteiger partial charge in [-0.2, -0.15) is 0 Å². The van der Waals surface area contributed by atoms with Crippen LogP contribution in [0.15, 0.2) is 42.6 Å². The number of pyridine rings is 1. The number of benzene rings is 1. The first kappa shape index (κ1) is 18.0. The third-order valence-electron chi connectivity index (χ3n) is 6.06. The number of nitrogens with zero attached hydrogens (tertiary/aromatic N) is 3. The van der Waals surface area contributed by atoms with Crippen LogP contribution in [0.3, 0.4) is 0 Å². The van der Waals surface area contributed by atoms with E-state index in [4.69, 9.17) is 4.74 Å². The maximum absolute atomic E-state index is 12.3. The van der Waals surface area contributed by atoms with Crippen molar-refractivity contribution >= 4 is 5.91 Å². The van der Waals surface area contributed by atoms with Gasteiger partial charge in [0.1, 0.15) is 5.75 Å². The van der Waals surface area contributed by atoms with E-state index in [0.29, 0.717) is 11.8 Å². The van der Waals surface area contributed by atoms with Crippen LogP contribution in [-0.4, -0.2) is 47.4 Å². The molecule has 27 heavy (non-hydrogen) atoms. The number of carbonyl (C=O) groups is 1. The lowest BCUT2D eigenvalue weighted by Crippen LogP contribution is -2.34. The molecule has 5 heteroatoms. The van der Waals surface area contributed by atoms with Gasteiger partial charge in [0, 0.05) is 51.3 Å². The van der Waals surface area contributed by atoms with E-state index < -0.39 is 0 Å². The third kappa shape index (κ3) is 3.44. The van der Waals surface area contributed by atoms with E-state index in [9.17, 15) is 4.79 Å². The molecular weight excluding hydrogens is 338 g/mol. The molecule has 0 N–H and O–H groups in total. The fourth-order valence-electron chi connectivity index (χ4n) is 4.81. The summed E-state index contributed by atoms with van der Waals surface area (Å²) in [5.41, 5.74) is 3.59. The van der Waals surface area contributed by atoms with Gasteiger partial charge in [-0.3, -0.25) is 14.7 Å². The molecule has 0 unspecified atom stereocenters. The molecule has 0 bridgehead atoms. The second kappa shape index (κ2) is 7.31. The van der Waals surface area contributed by atoms with Crippen LogP contribution in [0, 0.1) is 18.8 Å². The summed E-state index contributed by atoms with van der Waals surface area (Å²) in [6, 6.07) is 12.5. The van der Waals surface area contributed by atoms with Crippen molar-refractivity contribution in [1.82, 2.24) is 14.8 Å². The molecule has 0 aliphatic carbocycles. The Labute approximate surface area is 161 Å². The Morgan fingerprint density at radius 2 is 2.04 bits per heavy atom. The maximum atomic E-state index is 12.3. The van der Waals surface area contributed by atoms with Crippen molar-refractivity contribution in [2.24, 2.45) is 11.8 Å². The molecule has 2 aliphatic rings. The lowest BCUT2D eigenvalue weighted by molar-refractivity contribution is -0.130. The van der Waals surface area contributed by atoms with Gasteiger partial charge in [-0.15, -0.1) is 0 Å². The van der Waals surface area contributed by atoms with Crippen LogP contribution in [-0.2, 0) is 11.3 Å². The summed E-state index contributed by atoms with van der Waals surface area (Å²) in [6.45, 7) is 7.52. The highest BCUT2D eigenvalue weighted by Crippen LogP contribution is 2.46. The van der Waals surface area contributed by atoms with E-state index in [1.807, 2.05) is 12.1 Å². The number of aromatic nitrogens is 1. The summed E-state index contributed by atoms with van der Waals surface area (Å²) in [6.07, 6.45) is 1.80. The molecule has 0 saturated carbocycles. The zero-order chi connectivity index (χ0) is 19.0. The molecule has 1 amide bonds. The number of carbonyl (C=O) groups excluding carboxylic acids is 1. The average molecular weight is 365 g/mol. The number of rotatable bonds is 4. The minimum atomic E-state index is 0.178. The van der Waals surface area contributed by atoms with Crippen LogP contribution in [0.25, 0.3) is 0 Å². The Morgan fingerprint density at radius 3 is 2.78 bits per heavy atom. The average Bonchev–Trinajstić information content (AvgIpc) is 3.20. The van der Waals surface area contributed by atoms with E-state index in [1.54, 1.807) is 20.2 Å². The van der Waals surface area contributed by atoms with E-state index in [-0.39, 0.29) is 11.9 Å². The highest BCUT2D eigenvalue weighted by Gasteiger charge is 2.48. The summed E-state index contributed by atoms with van der Waals surface area (Å²) >= 11 is 0. The SMILES string of the molecule is COc1ccnc(CN2C[C@@H]3CN(C(C)=O)[C@H](c4ccccc4C)[C@@H]3C2)c1. The monoisotopic (exact) mass is 365 g/mol. The van der Waals surface area contributed by atoms with Gasteiger partial charge < -0.3 is 9.64 Å². The first-order chi connectivity index (χ1) is 13.1. The van der Waals surface area contributed by atoms with Crippen molar-refractivity contribution in [1.29, 1.82) is 0 Å². The normalized spacial score (nSPS) is 24.9. The predicted molar refractivity (Wildman–Crippen MR) is 104 cm³/mol. The van der Waals surface area contributed by atoms with Gasteiger partial charge in [0.05, 0.1) is 18.8 Å². The van der Waals surface area contributed by atoms with E-state index in [1.165, 1.54) is 11.1 Å². The van der Waals surface area contributed by atoms with Gasteiger partial charge in [-0.25, -0.2) is 0 Å². The van der Waals surface area contributed by atoms with Crippen molar-refractivity contribution in [3.8, 4) is 5.75 Å². The van der Waals surface area contributed by atoms with Gasteiger partial charge in [0.2, 0.25) is 5.91 Å². The Hall–Kier alpha value is -2.40. The molecule has 2 saturated heterocycles. The Morgan fingerprint density at radius 1 is 1.22 bits per heavy atom. The number of likely N-dealkylation sites (tertiary alicyclic amines) is 2. The highest BCUT2D eigenvalue weighted by atomic mass is 16.5. The summed E-state index contributed by atoms with van der Waals surface area (Å²) in [5, 5.41) is 0. The second-order valence-electron chi connectivity index (χ2n) is 7.78. The number of amides is 1. The largest absolute Gasteiger partial charge is 0.497 e. The van der Waals surface area contributed by atoms with Crippen molar-refractivity contribution in [2.45, 2.75) is 26.4 Å². The lowest BCUT2D eigenvalue weighted by atomic mass is 9.87. The van der Waals surface area contributed by atoms with Gasteiger partial charge in [0.25, 0.3) is 0 Å². The summed E-state index contributed by atoms with van der Waals surface area (Å²) in [4.78, 5) is 21.4. The zero-order valence-corrected chi connectivity index (χ0v) is 16.3. The fraction of sp³-hybridized carbons (Fsp3) is 0.455. The van der Waals surface area contributed by atoms with Crippen LogP contribution >= 0.6 is 0 Å². The summed E-state index contributed by atoms with van der Waals surface area (Å²) < 4.78 is 5.32. The number of fused-ring (bicyclic) bond motifs is 1. The van der Waals surface area contributed by atoms with Gasteiger partial charge in [0.15, 0.2) is 0 Å². The van der Waals surface area contributed by atoms with Crippen LogP contribution in [0.5, 0.6) is 5.75 Å². The predicted octanol–water partition coefficient (Wildman–Crippen LogP) is 3.05. The third-order valence-corrected chi connectivity index (χ3v) is 6.06. The van der Waals surface area contributed by atoms with Crippen LogP contribution in [0.4, 0.5) is 0 Å². The molecule has 2 aromatic rings. The zero-order valence-electron chi connectivity index (χ0n) is 16.3. The highest BCUT2D eigenvalue weighted by molar-refractivity contribution is 5.74. The molecule has 1 aromatic carbocycles. The fourth-order valence-corrected chi connectivity index (χ4v) is 4.81. The molecular formula is C22H27N3O2. The molecule has 0 radical (unpaired) electrons. The van der Waals surface area contributed by atoms with E-state index in [2.05, 4.69) is 46.0 Å². The van der Waals surface area contributed by atoms with Crippen LogP contribution in [0.2, 0.25) is 0 Å². The van der Waals surface area contributed by atoms with Crippen LogP contribution in [0.1, 0.15) is 29.8 Å². The first-order valence-corrected chi connectivity index (χ1v) is 9.61. The minimum absolute atomic E-state index is 0.178. The summed E-state index contributed by atoms with van der Waals surface area (Å²) in [5.74, 6) is 2.02. The molecule has 2 aliphatic heterocycles. The van der Waals surface area contributed by atoms with Crippen molar-refractivity contribution in [2.75, 3.05) is 26.7 Å². The molecule has 4 rings (SSSR count). The molecule has 0 spiro atoms. The van der Waals surface area contributed by atoms with Gasteiger partial charge >= 0.3 is 0 Å². The van der Waals surface area contributed by atoms with Crippen molar-refractivity contribution in [3.05, 3.63) is 59.4 Å². The first-order valence-electron chi connectivity index (χ1n) is 9.61. The second-order valence-corrected chi connectivity index (χ2v) is 7.78. The molecule has 3 atom stereocenters. The number of hydrogen-bond donors (Lipinski definition) is 0. The maximum Gasteiger partial charge on any atom is 0.219 e. The van der Waals surface area contributed by atoms with Crippen molar-refractivity contribution < 1.29 is 9.53 Å². The lowest BCUT2D eigenvalue weighted by Gasteiger charge is -2.30. The minimum Gasteiger partial charge on any atom is -0.497 e. The molecule has 3 heterocycles. The summed E-state index contributed by atoms with van der Waals surface area (Å²) in [7, 11) is 1.68. The number of hydrogen-bond acceptors (Lipinski definition) is 4. The standard InChI is InChI=1S/C22H27N3O2/c1-15-6-4-5-7-20(15)22-21-14-24(11-17(21)12-25(22)16(2)26)13-18-10-19(27-3)8-9-23-18/h4-10,17,21-22H,11-14H2,1-3H3/t17-,21-,22-/m1/s1. The number of aryl methyl sites for hydroxylation is 1. The quantitative estimate of drug-likeness (QED) is 0.835. The Balaban J connectivity index is 1.55. The topological polar surface area (TPSA) is 45.7 Å². The molecule has 5 nitrogen and oxygen atoms in total. The van der Waals surface area contributed by atoms with Gasteiger partial charge in [-0.05, 0) is 30.0 Å². The molecule has 142 valence electrons. The van der Waals surface area contributed by atoms with Crippen LogP contribution < -0.4 is 4.74 Å². The van der Waals surface area contributed by atoms with E-state index >= 15 is 0 Å². The smallest absolute Gasteiger partial charge is 0.219 e. The number of methoxy groups -OCH3 is 1. The van der Waals surface area contributed by atoms with Gasteiger partial charge in [-0.1, -0.05) is 24.3 Å². The van der Waals surface area contributed by atoms with Crippen molar-refractivity contribution in [3.63, 3.8) is 0 Å². The number of ether oxygens (including phenoxy) is 1. The molecule has 2 fully saturated rings.